The number of fused-ring (bicyclic) bond motifs is 1. The third kappa shape index (κ3) is 3.55. The van der Waals surface area contributed by atoms with E-state index in [0.717, 1.165) is 11.1 Å². The summed E-state index contributed by atoms with van der Waals surface area (Å²) in [5.74, 6) is -1.69. The zero-order valence-electron chi connectivity index (χ0n) is 14.9. The van der Waals surface area contributed by atoms with Gasteiger partial charge in [-0.1, -0.05) is 66.7 Å². The Morgan fingerprint density at radius 1 is 1.04 bits per heavy atom. The molecule has 4 rings (SSSR count). The molecule has 0 saturated carbocycles. The number of aromatic nitrogens is 1. The Labute approximate surface area is 161 Å². The Kier molecular flexibility index (Phi) is 4.72. The lowest BCUT2D eigenvalue weighted by molar-refractivity contribution is 0.0247. The van der Waals surface area contributed by atoms with Crippen LogP contribution in [0.4, 0.5) is 0 Å². The summed E-state index contributed by atoms with van der Waals surface area (Å²) < 4.78 is 5.51. The van der Waals surface area contributed by atoms with Crippen LogP contribution in [0.3, 0.4) is 0 Å². The first-order chi connectivity index (χ1) is 13.6. The fourth-order valence-corrected chi connectivity index (χ4v) is 3.20. The Morgan fingerprint density at radius 2 is 1.71 bits per heavy atom. The number of pyridine rings is 1. The normalized spacial score (nSPS) is 15.9. The van der Waals surface area contributed by atoms with Gasteiger partial charge in [0, 0.05) is 6.42 Å². The van der Waals surface area contributed by atoms with Gasteiger partial charge in [-0.25, -0.2) is 9.59 Å². The van der Waals surface area contributed by atoms with Crippen molar-refractivity contribution in [3.63, 3.8) is 0 Å². The predicted octanol–water partition coefficient (Wildman–Crippen LogP) is 4.40. The summed E-state index contributed by atoms with van der Waals surface area (Å²) in [6.45, 7) is 0. The van der Waals surface area contributed by atoms with Crippen molar-refractivity contribution in [1.29, 1.82) is 0 Å². The highest BCUT2D eigenvalue weighted by molar-refractivity contribution is 5.98. The van der Waals surface area contributed by atoms with Gasteiger partial charge in [0.25, 0.3) is 0 Å². The van der Waals surface area contributed by atoms with E-state index >= 15 is 0 Å². The lowest BCUT2D eigenvalue weighted by Crippen LogP contribution is -2.24. The van der Waals surface area contributed by atoms with E-state index in [4.69, 9.17) is 4.74 Å². The van der Waals surface area contributed by atoms with E-state index in [2.05, 4.69) is 4.98 Å². The van der Waals surface area contributed by atoms with Gasteiger partial charge in [0.05, 0.1) is 22.5 Å². The molecule has 2 aromatic carbocycles. The molecule has 0 aliphatic carbocycles. The minimum Gasteiger partial charge on any atom is -0.478 e. The number of carboxylic acid groups (broad SMARTS) is 1. The van der Waals surface area contributed by atoms with E-state index in [1.807, 2.05) is 60.7 Å². The predicted molar refractivity (Wildman–Crippen MR) is 105 cm³/mol. The summed E-state index contributed by atoms with van der Waals surface area (Å²) in [7, 11) is 0. The summed E-state index contributed by atoms with van der Waals surface area (Å²) in [6, 6.07) is 20.3. The van der Waals surface area contributed by atoms with E-state index in [0.29, 0.717) is 17.8 Å². The van der Waals surface area contributed by atoms with Crippen molar-refractivity contribution in [1.82, 2.24) is 4.98 Å². The van der Waals surface area contributed by atoms with Gasteiger partial charge in [0.15, 0.2) is 0 Å². The van der Waals surface area contributed by atoms with Crippen LogP contribution in [0.5, 0.6) is 0 Å². The van der Waals surface area contributed by atoms with E-state index in [1.54, 1.807) is 12.2 Å². The van der Waals surface area contributed by atoms with Crippen LogP contribution in [0.15, 0.2) is 66.7 Å². The standard InChI is InChI=1S/C23H17NO4/c25-22(26)17-13-18-20(24-19(17)12-11-15-7-3-1-4-8-15)14-21(28-23(18)27)16-9-5-2-6-10-16/h1-13,21H,14H2,(H,25,26). The van der Waals surface area contributed by atoms with E-state index in [1.165, 1.54) is 6.07 Å². The fraction of sp³-hybridized carbons (Fsp3) is 0.0870. The quantitative estimate of drug-likeness (QED) is 0.688. The second-order valence-electron chi connectivity index (χ2n) is 6.47. The summed E-state index contributed by atoms with van der Waals surface area (Å²) in [6.07, 6.45) is 3.43. The second kappa shape index (κ2) is 7.48. The first-order valence-electron chi connectivity index (χ1n) is 8.88. The molecule has 1 unspecified atom stereocenters. The minimum atomic E-state index is -1.14. The van der Waals surface area contributed by atoms with Crippen LogP contribution in [-0.4, -0.2) is 22.0 Å². The molecule has 0 bridgehead atoms. The van der Waals surface area contributed by atoms with Gasteiger partial charge in [-0.2, -0.15) is 0 Å². The molecule has 5 heteroatoms. The van der Waals surface area contributed by atoms with Crippen LogP contribution in [0.2, 0.25) is 0 Å². The first kappa shape index (κ1) is 17.7. The number of carboxylic acids is 1. The van der Waals surface area contributed by atoms with Crippen LogP contribution in [-0.2, 0) is 11.2 Å². The minimum absolute atomic E-state index is 0.0268. The third-order valence-corrected chi connectivity index (χ3v) is 4.61. The van der Waals surface area contributed by atoms with Crippen LogP contribution in [0.1, 0.15) is 49.3 Å². The van der Waals surface area contributed by atoms with Gasteiger partial charge in [0.2, 0.25) is 0 Å². The highest BCUT2D eigenvalue weighted by atomic mass is 16.5. The van der Waals surface area contributed by atoms with Gasteiger partial charge < -0.3 is 9.84 Å². The molecule has 0 saturated heterocycles. The smallest absolute Gasteiger partial charge is 0.340 e. The number of carbonyl (C=O) groups excluding carboxylic acids is 1. The topological polar surface area (TPSA) is 76.5 Å². The molecule has 0 fully saturated rings. The highest BCUT2D eigenvalue weighted by Gasteiger charge is 2.30. The number of benzene rings is 2. The van der Waals surface area contributed by atoms with Gasteiger partial charge >= 0.3 is 11.9 Å². The largest absolute Gasteiger partial charge is 0.478 e. The summed E-state index contributed by atoms with van der Waals surface area (Å²) in [4.78, 5) is 28.7. The first-order valence-corrected chi connectivity index (χ1v) is 8.88. The Bertz CT molecular complexity index is 1060. The molecule has 138 valence electrons. The van der Waals surface area contributed by atoms with Gasteiger partial charge in [0.1, 0.15) is 6.10 Å². The lowest BCUT2D eigenvalue weighted by atomic mass is 9.96. The average Bonchev–Trinajstić information content (AvgIpc) is 2.73. The van der Waals surface area contributed by atoms with E-state index in [9.17, 15) is 14.7 Å². The molecule has 1 aliphatic heterocycles. The molecule has 1 atom stereocenters. The Hall–Kier alpha value is -3.73. The number of aromatic carboxylic acids is 1. The van der Waals surface area contributed by atoms with Gasteiger partial charge in [-0.15, -0.1) is 0 Å². The van der Waals surface area contributed by atoms with E-state index in [-0.39, 0.29) is 11.1 Å². The molecular formula is C23H17NO4. The summed E-state index contributed by atoms with van der Waals surface area (Å²) in [5.41, 5.74) is 2.86. The zero-order valence-corrected chi connectivity index (χ0v) is 14.9. The molecule has 28 heavy (non-hydrogen) atoms. The van der Waals surface area contributed by atoms with Crippen LogP contribution < -0.4 is 0 Å². The molecule has 1 aliphatic rings. The number of carbonyl (C=O) groups is 2. The molecule has 0 amide bonds. The number of hydrogen-bond donors (Lipinski definition) is 1. The van der Waals surface area contributed by atoms with Gasteiger partial charge in [-0.3, -0.25) is 4.98 Å². The highest BCUT2D eigenvalue weighted by Crippen LogP contribution is 2.31. The molecule has 2 heterocycles. The van der Waals surface area contributed by atoms with E-state index < -0.39 is 18.0 Å². The van der Waals surface area contributed by atoms with Crippen molar-refractivity contribution in [2.24, 2.45) is 0 Å². The SMILES string of the molecule is O=C(O)c1cc2c(nc1C=Cc1ccccc1)CC(c1ccccc1)OC2=O. The number of cyclic esters (lactones) is 1. The maximum atomic E-state index is 12.5. The average molecular weight is 371 g/mol. The van der Waals surface area contributed by atoms with Crippen molar-refractivity contribution < 1.29 is 19.4 Å². The van der Waals surface area contributed by atoms with Crippen LogP contribution in [0.25, 0.3) is 12.2 Å². The Morgan fingerprint density at radius 3 is 2.39 bits per heavy atom. The second-order valence-corrected chi connectivity index (χ2v) is 6.47. The van der Waals surface area contributed by atoms with Crippen molar-refractivity contribution >= 4 is 24.1 Å². The van der Waals surface area contributed by atoms with Crippen LogP contribution >= 0.6 is 0 Å². The maximum absolute atomic E-state index is 12.5. The third-order valence-electron chi connectivity index (χ3n) is 4.61. The molecule has 3 aromatic rings. The Balaban J connectivity index is 1.73. The summed E-state index contributed by atoms with van der Waals surface area (Å²) in [5, 5.41) is 9.55. The number of esters is 1. The van der Waals surface area contributed by atoms with Gasteiger partial charge in [-0.05, 0) is 23.3 Å². The molecule has 0 radical (unpaired) electrons. The number of rotatable bonds is 4. The molecule has 5 nitrogen and oxygen atoms in total. The number of nitrogens with zero attached hydrogens (tertiary/aromatic N) is 1. The van der Waals surface area contributed by atoms with Crippen molar-refractivity contribution in [3.8, 4) is 0 Å². The maximum Gasteiger partial charge on any atom is 0.340 e. The summed E-state index contributed by atoms with van der Waals surface area (Å²) >= 11 is 0. The number of ether oxygens (including phenoxy) is 1. The number of hydrogen-bond acceptors (Lipinski definition) is 4. The molecule has 0 spiro atoms. The van der Waals surface area contributed by atoms with Crippen molar-refractivity contribution in [3.05, 3.63) is 100 Å². The van der Waals surface area contributed by atoms with Crippen molar-refractivity contribution in [2.45, 2.75) is 12.5 Å². The monoisotopic (exact) mass is 371 g/mol. The molecular weight excluding hydrogens is 354 g/mol. The molecule has 1 aromatic heterocycles. The molecule has 1 N–H and O–H groups in total. The van der Waals surface area contributed by atoms with Crippen LogP contribution in [0, 0.1) is 0 Å². The fourth-order valence-electron chi connectivity index (χ4n) is 3.20. The zero-order chi connectivity index (χ0) is 19.5. The van der Waals surface area contributed by atoms with Crippen molar-refractivity contribution in [2.75, 3.05) is 0 Å². The lowest BCUT2D eigenvalue weighted by Gasteiger charge is -2.25.